The smallest absolute Gasteiger partial charge is 0.262 e. The topological polar surface area (TPSA) is 87.7 Å². The molecular weight excluding hydrogens is 344 g/mol. The highest BCUT2D eigenvalue weighted by atomic mass is 16.5. The molecule has 0 unspecified atom stereocenters. The molecule has 144 valence electrons. The van der Waals surface area contributed by atoms with Crippen molar-refractivity contribution < 1.29 is 19.4 Å². The van der Waals surface area contributed by atoms with E-state index in [4.69, 9.17) is 4.74 Å². The van der Waals surface area contributed by atoms with Gasteiger partial charge in [0.25, 0.3) is 5.91 Å². The number of aryl methyl sites for hydroxylation is 1. The van der Waals surface area contributed by atoms with Crippen LogP contribution in [0.15, 0.2) is 48.5 Å². The minimum atomic E-state index is -0.651. The van der Waals surface area contributed by atoms with Gasteiger partial charge in [-0.2, -0.15) is 0 Å². The predicted molar refractivity (Wildman–Crippen MR) is 105 cm³/mol. The molecule has 0 saturated carbocycles. The number of hydrogen-bond acceptors (Lipinski definition) is 4. The first-order chi connectivity index (χ1) is 12.8. The number of carbonyl (C=O) groups excluding carboxylic acids is 2. The Hall–Kier alpha value is -2.86. The average molecular weight is 370 g/mol. The van der Waals surface area contributed by atoms with Gasteiger partial charge >= 0.3 is 0 Å². The number of benzene rings is 2. The average Bonchev–Trinajstić information content (AvgIpc) is 2.61. The maximum atomic E-state index is 12.0. The van der Waals surface area contributed by atoms with Crippen molar-refractivity contribution in [3.8, 4) is 5.75 Å². The molecule has 0 spiro atoms. The number of aliphatic hydroxyl groups is 1. The maximum absolute atomic E-state index is 12.0. The van der Waals surface area contributed by atoms with Crippen molar-refractivity contribution in [2.75, 3.05) is 18.5 Å². The first kappa shape index (κ1) is 20.5. The molecule has 0 radical (unpaired) electrons. The summed E-state index contributed by atoms with van der Waals surface area (Å²) in [6.45, 7) is 5.25. The molecule has 0 bridgehead atoms. The van der Waals surface area contributed by atoms with Crippen molar-refractivity contribution in [3.63, 3.8) is 0 Å². The summed E-state index contributed by atoms with van der Waals surface area (Å²) in [5, 5.41) is 14.7. The van der Waals surface area contributed by atoms with Gasteiger partial charge in [0.2, 0.25) is 5.91 Å². The zero-order valence-electron chi connectivity index (χ0n) is 15.9. The molecule has 6 heteroatoms. The fraction of sp³-hybridized carbons (Fsp3) is 0.333. The van der Waals surface area contributed by atoms with Crippen molar-refractivity contribution in [2.45, 2.75) is 32.7 Å². The lowest BCUT2D eigenvalue weighted by Crippen LogP contribution is -2.46. The summed E-state index contributed by atoms with van der Waals surface area (Å²) in [6, 6.07) is 14.5. The molecule has 27 heavy (non-hydrogen) atoms. The molecule has 0 saturated heterocycles. The molecular formula is C21H26N2O4. The molecule has 3 N–H and O–H groups in total. The van der Waals surface area contributed by atoms with Gasteiger partial charge in [0.05, 0.1) is 18.6 Å². The fourth-order valence-electron chi connectivity index (χ4n) is 2.40. The molecule has 2 aromatic rings. The zero-order valence-corrected chi connectivity index (χ0v) is 15.9. The Kier molecular flexibility index (Phi) is 6.96. The minimum absolute atomic E-state index is 0.0795. The van der Waals surface area contributed by atoms with Crippen LogP contribution in [0.25, 0.3) is 0 Å². The molecule has 2 amide bonds. The number of ether oxygens (including phenoxy) is 1. The first-order valence-corrected chi connectivity index (χ1v) is 8.77. The highest BCUT2D eigenvalue weighted by Gasteiger charge is 2.18. The molecule has 0 aliphatic rings. The minimum Gasteiger partial charge on any atom is -0.484 e. The molecule has 0 fully saturated rings. The van der Waals surface area contributed by atoms with E-state index in [1.807, 2.05) is 25.1 Å². The van der Waals surface area contributed by atoms with Crippen molar-refractivity contribution in [1.82, 2.24) is 5.32 Å². The summed E-state index contributed by atoms with van der Waals surface area (Å²) in [6.07, 6.45) is 0.203. The van der Waals surface area contributed by atoms with E-state index in [1.54, 1.807) is 44.2 Å². The van der Waals surface area contributed by atoms with Crippen molar-refractivity contribution >= 4 is 17.5 Å². The molecule has 0 aromatic heterocycles. The second-order valence-electron chi connectivity index (χ2n) is 7.12. The third-order valence-corrected chi connectivity index (χ3v) is 3.83. The van der Waals surface area contributed by atoms with Crippen LogP contribution in [-0.2, 0) is 16.0 Å². The van der Waals surface area contributed by atoms with Gasteiger partial charge in [-0.25, -0.2) is 0 Å². The van der Waals surface area contributed by atoms with Crippen LogP contribution in [0.3, 0.4) is 0 Å². The van der Waals surface area contributed by atoms with Crippen LogP contribution >= 0.6 is 0 Å². The third kappa shape index (κ3) is 7.11. The SMILES string of the molecule is Cc1cccc(OCC(=O)Nc2ccc(CC(=O)NC(C)(C)CO)cc2)c1. The van der Waals surface area contributed by atoms with E-state index in [-0.39, 0.29) is 31.4 Å². The van der Waals surface area contributed by atoms with Crippen LogP contribution in [0.1, 0.15) is 25.0 Å². The second-order valence-corrected chi connectivity index (χ2v) is 7.12. The van der Waals surface area contributed by atoms with Gasteiger partial charge in [-0.15, -0.1) is 0 Å². The van der Waals surface area contributed by atoms with Crippen LogP contribution in [0, 0.1) is 6.92 Å². The van der Waals surface area contributed by atoms with Crippen molar-refractivity contribution in [1.29, 1.82) is 0 Å². The Bertz CT molecular complexity index is 785. The number of anilines is 1. The third-order valence-electron chi connectivity index (χ3n) is 3.83. The lowest BCUT2D eigenvalue weighted by molar-refractivity contribution is -0.122. The number of aliphatic hydroxyl groups excluding tert-OH is 1. The summed E-state index contributed by atoms with van der Waals surface area (Å²) in [5.74, 6) is 0.224. The molecule has 0 aliphatic carbocycles. The Morgan fingerprint density at radius 1 is 1.07 bits per heavy atom. The summed E-state index contributed by atoms with van der Waals surface area (Å²) in [4.78, 5) is 24.0. The fourth-order valence-corrected chi connectivity index (χ4v) is 2.40. The first-order valence-electron chi connectivity index (χ1n) is 8.77. The van der Waals surface area contributed by atoms with Gasteiger partial charge in [0.1, 0.15) is 5.75 Å². The Balaban J connectivity index is 1.82. The Morgan fingerprint density at radius 2 is 1.78 bits per heavy atom. The monoisotopic (exact) mass is 370 g/mol. The van der Waals surface area contributed by atoms with Crippen LogP contribution in [0.2, 0.25) is 0 Å². The normalized spacial score (nSPS) is 11.0. The number of carbonyl (C=O) groups is 2. The number of nitrogens with one attached hydrogen (secondary N) is 2. The van der Waals surface area contributed by atoms with Crippen molar-refractivity contribution in [2.24, 2.45) is 0 Å². The van der Waals surface area contributed by atoms with Crippen LogP contribution in [0.5, 0.6) is 5.75 Å². The molecule has 2 aromatic carbocycles. The zero-order chi connectivity index (χ0) is 19.9. The summed E-state index contributed by atoms with van der Waals surface area (Å²) < 4.78 is 5.47. The van der Waals surface area contributed by atoms with Gasteiger partial charge in [-0.1, -0.05) is 24.3 Å². The van der Waals surface area contributed by atoms with Crippen molar-refractivity contribution in [3.05, 3.63) is 59.7 Å². The predicted octanol–water partition coefficient (Wildman–Crippen LogP) is 2.44. The molecule has 0 heterocycles. The summed E-state index contributed by atoms with van der Waals surface area (Å²) in [7, 11) is 0. The van der Waals surface area contributed by atoms with Gasteiger partial charge in [0.15, 0.2) is 6.61 Å². The highest BCUT2D eigenvalue weighted by Crippen LogP contribution is 2.13. The summed E-state index contributed by atoms with van der Waals surface area (Å²) >= 11 is 0. The van der Waals surface area contributed by atoms with Crippen LogP contribution in [0.4, 0.5) is 5.69 Å². The van der Waals surface area contributed by atoms with E-state index in [0.29, 0.717) is 11.4 Å². The Morgan fingerprint density at radius 3 is 2.41 bits per heavy atom. The lowest BCUT2D eigenvalue weighted by Gasteiger charge is -2.23. The standard InChI is InChI=1S/C21H26N2O4/c1-15-5-4-6-18(11-15)27-13-20(26)22-17-9-7-16(8-10-17)12-19(25)23-21(2,3)14-24/h4-11,24H,12-14H2,1-3H3,(H,22,26)(H,23,25). The largest absolute Gasteiger partial charge is 0.484 e. The number of amides is 2. The number of hydrogen-bond donors (Lipinski definition) is 3. The van der Waals surface area contributed by atoms with Crippen LogP contribution < -0.4 is 15.4 Å². The summed E-state index contributed by atoms with van der Waals surface area (Å²) in [5.41, 5.74) is 1.86. The van der Waals surface area contributed by atoms with Gasteiger partial charge in [0, 0.05) is 5.69 Å². The van der Waals surface area contributed by atoms with E-state index in [0.717, 1.165) is 11.1 Å². The van der Waals surface area contributed by atoms with E-state index in [9.17, 15) is 14.7 Å². The van der Waals surface area contributed by atoms with E-state index in [1.165, 1.54) is 0 Å². The molecule has 6 nitrogen and oxygen atoms in total. The van der Waals surface area contributed by atoms with E-state index in [2.05, 4.69) is 10.6 Å². The van der Waals surface area contributed by atoms with Gasteiger partial charge < -0.3 is 20.5 Å². The molecule has 2 rings (SSSR count). The number of rotatable bonds is 8. The molecule has 0 aliphatic heterocycles. The highest BCUT2D eigenvalue weighted by molar-refractivity contribution is 5.92. The van der Waals surface area contributed by atoms with E-state index >= 15 is 0 Å². The lowest BCUT2D eigenvalue weighted by atomic mass is 10.1. The second kappa shape index (κ2) is 9.19. The van der Waals surface area contributed by atoms with Crippen LogP contribution in [-0.4, -0.2) is 35.7 Å². The molecule has 0 atom stereocenters. The Labute approximate surface area is 159 Å². The quantitative estimate of drug-likeness (QED) is 0.666. The maximum Gasteiger partial charge on any atom is 0.262 e. The van der Waals surface area contributed by atoms with Gasteiger partial charge in [-0.05, 0) is 56.2 Å². The van der Waals surface area contributed by atoms with E-state index < -0.39 is 5.54 Å². The van der Waals surface area contributed by atoms with Gasteiger partial charge in [-0.3, -0.25) is 9.59 Å².